The summed E-state index contributed by atoms with van der Waals surface area (Å²) in [7, 11) is 1.80. The van der Waals surface area contributed by atoms with E-state index in [-0.39, 0.29) is 12.5 Å². The van der Waals surface area contributed by atoms with Crippen molar-refractivity contribution in [2.75, 3.05) is 26.7 Å². The van der Waals surface area contributed by atoms with E-state index in [2.05, 4.69) is 5.32 Å². The molecular weight excluding hydrogens is 192 g/mol. The van der Waals surface area contributed by atoms with Gasteiger partial charge < -0.3 is 15.3 Å². The molecule has 0 saturated carbocycles. The molecule has 88 valence electrons. The van der Waals surface area contributed by atoms with E-state index in [0.717, 1.165) is 25.9 Å². The highest BCUT2D eigenvalue weighted by Crippen LogP contribution is 2.21. The van der Waals surface area contributed by atoms with Gasteiger partial charge in [0.2, 0.25) is 5.91 Å². The fourth-order valence-corrected chi connectivity index (χ4v) is 1.94. The van der Waals surface area contributed by atoms with Gasteiger partial charge in [0.1, 0.15) is 0 Å². The summed E-state index contributed by atoms with van der Waals surface area (Å²) in [5, 5.41) is 11.9. The van der Waals surface area contributed by atoms with Crippen LogP contribution in [0.2, 0.25) is 0 Å². The Labute approximate surface area is 91.6 Å². The van der Waals surface area contributed by atoms with Crippen molar-refractivity contribution in [1.82, 2.24) is 10.2 Å². The molecular formula is C11H22N2O2. The molecule has 1 aliphatic heterocycles. The lowest BCUT2D eigenvalue weighted by Crippen LogP contribution is -2.52. The Morgan fingerprint density at radius 3 is 2.80 bits per heavy atom. The lowest BCUT2D eigenvalue weighted by molar-refractivity contribution is -0.135. The molecule has 2 N–H and O–H groups in total. The molecule has 0 aromatic rings. The Morgan fingerprint density at radius 1 is 1.60 bits per heavy atom. The quantitative estimate of drug-likeness (QED) is 0.703. The second-order valence-electron chi connectivity index (χ2n) is 4.79. The van der Waals surface area contributed by atoms with Gasteiger partial charge in [0.25, 0.3) is 0 Å². The molecule has 0 spiro atoms. The number of rotatable bonds is 4. The Morgan fingerprint density at radius 2 is 2.27 bits per heavy atom. The molecule has 0 radical (unpaired) electrons. The summed E-state index contributed by atoms with van der Waals surface area (Å²) in [6, 6.07) is 0. The van der Waals surface area contributed by atoms with E-state index in [1.165, 1.54) is 0 Å². The first-order valence-corrected chi connectivity index (χ1v) is 5.60. The number of aliphatic hydroxyl groups is 1. The maximum atomic E-state index is 12.0. The van der Waals surface area contributed by atoms with Gasteiger partial charge in [-0.2, -0.15) is 0 Å². The molecule has 0 bridgehead atoms. The summed E-state index contributed by atoms with van der Waals surface area (Å²) in [4.78, 5) is 13.9. The average Bonchev–Trinajstić information content (AvgIpc) is 2.66. The number of hydrogen-bond acceptors (Lipinski definition) is 3. The first-order valence-electron chi connectivity index (χ1n) is 5.60. The smallest absolute Gasteiger partial charge is 0.242 e. The lowest BCUT2D eigenvalue weighted by Gasteiger charge is -2.28. The third-order valence-corrected chi connectivity index (χ3v) is 3.27. The largest absolute Gasteiger partial charge is 0.396 e. The van der Waals surface area contributed by atoms with Gasteiger partial charge in [0.05, 0.1) is 5.54 Å². The lowest BCUT2D eigenvalue weighted by atomic mass is 10.0. The molecule has 0 aromatic carbocycles. The monoisotopic (exact) mass is 214 g/mol. The van der Waals surface area contributed by atoms with E-state index in [4.69, 9.17) is 5.11 Å². The van der Waals surface area contributed by atoms with Crippen molar-refractivity contribution < 1.29 is 9.90 Å². The first kappa shape index (κ1) is 12.5. The van der Waals surface area contributed by atoms with E-state index in [0.29, 0.717) is 5.92 Å². The van der Waals surface area contributed by atoms with Gasteiger partial charge in [0.15, 0.2) is 0 Å². The SMILES string of the molecule is CNC(C)(C)C(=O)N1CCC(CCO)C1. The predicted octanol–water partition coefficient (Wildman–Crippen LogP) is 0.215. The van der Waals surface area contributed by atoms with Gasteiger partial charge in [-0.3, -0.25) is 4.79 Å². The Balaban J connectivity index is 2.50. The van der Waals surface area contributed by atoms with Crippen molar-refractivity contribution >= 4 is 5.91 Å². The zero-order valence-electron chi connectivity index (χ0n) is 9.92. The van der Waals surface area contributed by atoms with Gasteiger partial charge >= 0.3 is 0 Å². The molecule has 1 amide bonds. The van der Waals surface area contributed by atoms with Crippen molar-refractivity contribution in [2.45, 2.75) is 32.2 Å². The Hall–Kier alpha value is -0.610. The van der Waals surface area contributed by atoms with Gasteiger partial charge in [-0.25, -0.2) is 0 Å². The van der Waals surface area contributed by atoms with Crippen LogP contribution in [0.4, 0.5) is 0 Å². The summed E-state index contributed by atoms with van der Waals surface area (Å²) >= 11 is 0. The average molecular weight is 214 g/mol. The maximum Gasteiger partial charge on any atom is 0.242 e. The van der Waals surface area contributed by atoms with Crippen molar-refractivity contribution in [1.29, 1.82) is 0 Å². The number of carbonyl (C=O) groups excluding carboxylic acids is 1. The third kappa shape index (κ3) is 2.92. The van der Waals surface area contributed by atoms with Crippen LogP contribution in [0.1, 0.15) is 26.7 Å². The fourth-order valence-electron chi connectivity index (χ4n) is 1.94. The van der Waals surface area contributed by atoms with Crippen LogP contribution in [-0.2, 0) is 4.79 Å². The molecule has 0 aliphatic carbocycles. The van der Waals surface area contributed by atoms with Gasteiger partial charge in [-0.15, -0.1) is 0 Å². The van der Waals surface area contributed by atoms with Crippen LogP contribution >= 0.6 is 0 Å². The number of carbonyl (C=O) groups is 1. The van der Waals surface area contributed by atoms with Crippen molar-refractivity contribution in [3.63, 3.8) is 0 Å². The molecule has 1 atom stereocenters. The Bertz CT molecular complexity index is 229. The van der Waals surface area contributed by atoms with Crippen molar-refractivity contribution in [2.24, 2.45) is 5.92 Å². The zero-order chi connectivity index (χ0) is 11.5. The maximum absolute atomic E-state index is 12.0. The van der Waals surface area contributed by atoms with E-state index < -0.39 is 5.54 Å². The topological polar surface area (TPSA) is 52.6 Å². The minimum absolute atomic E-state index is 0.158. The fraction of sp³-hybridized carbons (Fsp3) is 0.909. The zero-order valence-corrected chi connectivity index (χ0v) is 9.92. The van der Waals surface area contributed by atoms with Crippen LogP contribution in [-0.4, -0.2) is 48.2 Å². The summed E-state index contributed by atoms with van der Waals surface area (Å²) in [5.41, 5.74) is -0.478. The summed E-state index contributed by atoms with van der Waals surface area (Å²) in [6.07, 6.45) is 1.83. The van der Waals surface area contributed by atoms with Gasteiger partial charge in [-0.05, 0) is 39.7 Å². The highest BCUT2D eigenvalue weighted by atomic mass is 16.3. The molecule has 1 fully saturated rings. The minimum Gasteiger partial charge on any atom is -0.396 e. The number of aliphatic hydroxyl groups excluding tert-OH is 1. The van der Waals surface area contributed by atoms with E-state index in [1.54, 1.807) is 7.05 Å². The highest BCUT2D eigenvalue weighted by molar-refractivity contribution is 5.85. The normalized spacial score (nSPS) is 22.1. The van der Waals surface area contributed by atoms with E-state index >= 15 is 0 Å². The number of nitrogens with one attached hydrogen (secondary N) is 1. The van der Waals surface area contributed by atoms with Gasteiger partial charge in [0, 0.05) is 19.7 Å². The van der Waals surface area contributed by atoms with Crippen molar-refractivity contribution in [3.8, 4) is 0 Å². The van der Waals surface area contributed by atoms with Crippen LogP contribution in [0, 0.1) is 5.92 Å². The van der Waals surface area contributed by atoms with Gasteiger partial charge in [-0.1, -0.05) is 0 Å². The summed E-state index contributed by atoms with van der Waals surface area (Å²) in [6.45, 7) is 5.64. The summed E-state index contributed by atoms with van der Waals surface area (Å²) in [5.74, 6) is 0.636. The molecule has 4 heteroatoms. The standard InChI is InChI=1S/C11H22N2O2/c1-11(2,12-3)10(15)13-6-4-9(8-13)5-7-14/h9,12,14H,4-8H2,1-3H3. The van der Waals surface area contributed by atoms with Crippen LogP contribution < -0.4 is 5.32 Å². The third-order valence-electron chi connectivity index (χ3n) is 3.27. The molecule has 1 heterocycles. The number of likely N-dealkylation sites (tertiary alicyclic amines) is 1. The van der Waals surface area contributed by atoms with E-state index in [9.17, 15) is 4.79 Å². The highest BCUT2D eigenvalue weighted by Gasteiger charge is 2.34. The number of nitrogens with zero attached hydrogens (tertiary/aromatic N) is 1. The molecule has 1 saturated heterocycles. The van der Waals surface area contributed by atoms with Crippen LogP contribution in [0.5, 0.6) is 0 Å². The molecule has 4 nitrogen and oxygen atoms in total. The van der Waals surface area contributed by atoms with E-state index in [1.807, 2.05) is 18.7 Å². The number of hydrogen-bond donors (Lipinski definition) is 2. The predicted molar refractivity (Wildman–Crippen MR) is 59.5 cm³/mol. The molecule has 1 unspecified atom stereocenters. The molecule has 1 aliphatic rings. The Kier molecular flexibility index (Phi) is 4.11. The van der Waals surface area contributed by atoms with Crippen LogP contribution in [0.25, 0.3) is 0 Å². The second kappa shape index (κ2) is 4.94. The second-order valence-corrected chi connectivity index (χ2v) is 4.79. The summed E-state index contributed by atoms with van der Waals surface area (Å²) < 4.78 is 0. The molecule has 15 heavy (non-hydrogen) atoms. The molecule has 1 rings (SSSR count). The molecule has 0 aromatic heterocycles. The number of likely N-dealkylation sites (N-methyl/N-ethyl adjacent to an activating group) is 1. The number of amides is 1. The minimum atomic E-state index is -0.478. The van der Waals surface area contributed by atoms with Crippen LogP contribution in [0.3, 0.4) is 0 Å². The van der Waals surface area contributed by atoms with Crippen LogP contribution in [0.15, 0.2) is 0 Å². The first-order chi connectivity index (χ1) is 7.01. The van der Waals surface area contributed by atoms with Crippen molar-refractivity contribution in [3.05, 3.63) is 0 Å².